The molecule has 4 fully saturated rings. The number of pyridine rings is 1. The van der Waals surface area contributed by atoms with Gasteiger partial charge in [0, 0.05) is 12.1 Å². The Kier molecular flexibility index (Phi) is 5.13. The maximum Gasteiger partial charge on any atom is 0.201 e. The first-order valence-corrected chi connectivity index (χ1v) is 13.2. The molecular weight excluding hydrogens is 420 g/mol. The Balaban J connectivity index is 1.19. The molecule has 2 heterocycles. The summed E-state index contributed by atoms with van der Waals surface area (Å²) in [4.78, 5) is 19.3. The van der Waals surface area contributed by atoms with E-state index in [2.05, 4.69) is 29.0 Å². The van der Waals surface area contributed by atoms with Gasteiger partial charge >= 0.3 is 0 Å². The summed E-state index contributed by atoms with van der Waals surface area (Å²) in [5.74, 6) is 5.80. The third-order valence-corrected chi connectivity index (χ3v) is 10.4. The van der Waals surface area contributed by atoms with Gasteiger partial charge in [0.1, 0.15) is 12.1 Å². The van der Waals surface area contributed by atoms with E-state index in [0.29, 0.717) is 22.0 Å². The van der Waals surface area contributed by atoms with Crippen LogP contribution in [0.5, 0.6) is 0 Å². The number of halogens is 1. The summed E-state index contributed by atoms with van der Waals surface area (Å²) in [6.07, 6.45) is 13.6. The first-order chi connectivity index (χ1) is 15.4. The Morgan fingerprint density at radius 3 is 2.81 bits per heavy atom. The summed E-state index contributed by atoms with van der Waals surface area (Å²) >= 11 is 6.03. The minimum absolute atomic E-state index is 0.142. The minimum atomic E-state index is 0.142. The van der Waals surface area contributed by atoms with Gasteiger partial charge in [-0.2, -0.15) is 9.90 Å². The van der Waals surface area contributed by atoms with Crippen LogP contribution >= 0.6 is 11.6 Å². The van der Waals surface area contributed by atoms with Crippen LogP contribution in [0.4, 0.5) is 0 Å². The second-order valence-corrected chi connectivity index (χ2v) is 12.2. The molecule has 6 rings (SSSR count). The summed E-state index contributed by atoms with van der Waals surface area (Å²) in [5, 5.41) is 9.43. The zero-order valence-corrected chi connectivity index (χ0v) is 20.1. The topological polar surface area (TPSA) is 60.7 Å². The molecule has 8 atom stereocenters. The van der Waals surface area contributed by atoms with E-state index >= 15 is 0 Å². The molecule has 6 heteroatoms. The van der Waals surface area contributed by atoms with E-state index < -0.39 is 0 Å². The van der Waals surface area contributed by atoms with Crippen LogP contribution in [0.25, 0.3) is 11.2 Å². The zero-order chi connectivity index (χ0) is 22.0. The van der Waals surface area contributed by atoms with Crippen molar-refractivity contribution in [3.63, 3.8) is 0 Å². The van der Waals surface area contributed by atoms with Gasteiger partial charge in [-0.1, -0.05) is 31.9 Å². The molecule has 4 aliphatic rings. The number of Topliss-reactive ketones (excluding diaryl/α,β-unsaturated/α-hetero) is 1. The number of rotatable bonds is 3. The summed E-state index contributed by atoms with van der Waals surface area (Å²) in [7, 11) is 0. The van der Waals surface area contributed by atoms with E-state index in [1.165, 1.54) is 56.2 Å². The van der Waals surface area contributed by atoms with Gasteiger partial charge in [0.05, 0.1) is 5.02 Å². The Labute approximate surface area is 195 Å². The average Bonchev–Trinajstić information content (AvgIpc) is 3.32. The van der Waals surface area contributed by atoms with E-state index in [9.17, 15) is 4.79 Å². The summed E-state index contributed by atoms with van der Waals surface area (Å²) in [5.41, 5.74) is 1.36. The standard InChI is InChI=1S/C26H35ClN4O/c1-15-3-5-18-16(11-15)4-6-20-19(18)9-10-26(2)21(20)7-8-22(26)24(32)14-31-29-23-12-17(27)13-28-25(23)30-31/h12-13,15-16,18-22H,3-11,14H2,1-2H3/t15-,16+,18-,19+,20+,21-,22+,26-/m0/s1. The fourth-order valence-corrected chi connectivity index (χ4v) is 8.92. The lowest BCUT2D eigenvalue weighted by molar-refractivity contribution is -0.131. The summed E-state index contributed by atoms with van der Waals surface area (Å²) in [6.45, 7) is 5.14. The fraction of sp³-hybridized carbons (Fsp3) is 0.769. The van der Waals surface area contributed by atoms with Crippen molar-refractivity contribution in [3.8, 4) is 0 Å². The highest BCUT2D eigenvalue weighted by Gasteiger charge is 2.58. The lowest BCUT2D eigenvalue weighted by atomic mass is 9.49. The van der Waals surface area contributed by atoms with E-state index in [1.807, 2.05) is 0 Å². The van der Waals surface area contributed by atoms with Gasteiger partial charge in [-0.25, -0.2) is 4.98 Å². The van der Waals surface area contributed by atoms with Crippen LogP contribution in [0, 0.1) is 46.8 Å². The summed E-state index contributed by atoms with van der Waals surface area (Å²) in [6, 6.07) is 1.76. The highest BCUT2D eigenvalue weighted by Crippen LogP contribution is 2.64. The predicted octanol–water partition coefficient (Wildman–Crippen LogP) is 5.95. The van der Waals surface area contributed by atoms with Gasteiger partial charge in [-0.3, -0.25) is 4.79 Å². The number of nitrogens with zero attached hydrogens (tertiary/aromatic N) is 4. The van der Waals surface area contributed by atoms with Gasteiger partial charge in [0.2, 0.25) is 5.65 Å². The van der Waals surface area contributed by atoms with Gasteiger partial charge in [-0.15, -0.1) is 5.10 Å². The monoisotopic (exact) mass is 454 g/mol. The second kappa shape index (κ2) is 7.78. The summed E-state index contributed by atoms with van der Waals surface area (Å²) < 4.78 is 0. The average molecular weight is 455 g/mol. The molecule has 4 saturated carbocycles. The van der Waals surface area contributed by atoms with Gasteiger partial charge < -0.3 is 0 Å². The lowest BCUT2D eigenvalue weighted by Gasteiger charge is -2.56. The highest BCUT2D eigenvalue weighted by atomic mass is 35.5. The fourth-order valence-electron chi connectivity index (χ4n) is 8.77. The molecule has 0 spiro atoms. The molecule has 2 aromatic heterocycles. The van der Waals surface area contributed by atoms with Crippen LogP contribution in [0.15, 0.2) is 12.3 Å². The highest BCUT2D eigenvalue weighted by molar-refractivity contribution is 6.30. The molecule has 5 nitrogen and oxygen atoms in total. The number of ketones is 1. The first-order valence-electron chi connectivity index (χ1n) is 12.8. The third kappa shape index (κ3) is 3.33. The molecule has 0 saturated heterocycles. The molecule has 0 amide bonds. The van der Waals surface area contributed by atoms with E-state index in [1.54, 1.807) is 12.3 Å². The molecule has 0 aromatic carbocycles. The van der Waals surface area contributed by atoms with Crippen molar-refractivity contribution in [3.05, 3.63) is 17.3 Å². The van der Waals surface area contributed by atoms with Gasteiger partial charge in [0.15, 0.2) is 5.78 Å². The molecule has 0 bridgehead atoms. The van der Waals surface area contributed by atoms with Crippen molar-refractivity contribution in [1.29, 1.82) is 0 Å². The second-order valence-electron chi connectivity index (χ2n) is 11.7. The van der Waals surface area contributed by atoms with Crippen molar-refractivity contribution >= 4 is 28.5 Å². The van der Waals surface area contributed by atoms with Crippen LogP contribution in [0.3, 0.4) is 0 Å². The number of fused-ring (bicyclic) bond motifs is 6. The quantitative estimate of drug-likeness (QED) is 0.574. The van der Waals surface area contributed by atoms with Crippen LogP contribution in [-0.2, 0) is 11.3 Å². The van der Waals surface area contributed by atoms with Crippen molar-refractivity contribution < 1.29 is 4.79 Å². The molecule has 0 unspecified atom stereocenters. The van der Waals surface area contributed by atoms with E-state index in [-0.39, 0.29) is 17.9 Å². The van der Waals surface area contributed by atoms with Crippen molar-refractivity contribution in [2.75, 3.05) is 0 Å². The predicted molar refractivity (Wildman–Crippen MR) is 125 cm³/mol. The molecule has 0 N–H and O–H groups in total. The minimum Gasteiger partial charge on any atom is -0.297 e. The van der Waals surface area contributed by atoms with Crippen molar-refractivity contribution in [2.24, 2.45) is 46.8 Å². The maximum atomic E-state index is 13.5. The van der Waals surface area contributed by atoms with Gasteiger partial charge in [-0.05, 0) is 98.4 Å². The van der Waals surface area contributed by atoms with Gasteiger partial charge in [0.25, 0.3) is 0 Å². The number of hydrogen-bond acceptors (Lipinski definition) is 4. The zero-order valence-electron chi connectivity index (χ0n) is 19.3. The number of hydrogen-bond donors (Lipinski definition) is 0. The van der Waals surface area contributed by atoms with Crippen LogP contribution < -0.4 is 0 Å². The molecule has 4 aliphatic carbocycles. The number of carbonyl (C=O) groups excluding carboxylic acids is 1. The Hall–Kier alpha value is -1.49. The Bertz CT molecular complexity index is 1040. The van der Waals surface area contributed by atoms with E-state index in [0.717, 1.165) is 41.9 Å². The van der Waals surface area contributed by atoms with Crippen LogP contribution in [0.1, 0.15) is 71.6 Å². The lowest BCUT2D eigenvalue weighted by Crippen LogP contribution is -2.49. The normalized spacial score (nSPS) is 41.2. The molecule has 2 aromatic rings. The Morgan fingerprint density at radius 1 is 1.09 bits per heavy atom. The molecule has 0 aliphatic heterocycles. The van der Waals surface area contributed by atoms with Crippen LogP contribution in [-0.4, -0.2) is 25.8 Å². The molecule has 32 heavy (non-hydrogen) atoms. The largest absolute Gasteiger partial charge is 0.297 e. The molecule has 172 valence electrons. The van der Waals surface area contributed by atoms with E-state index in [4.69, 9.17) is 11.6 Å². The molecular formula is C26H35ClN4O. The maximum absolute atomic E-state index is 13.5. The smallest absolute Gasteiger partial charge is 0.201 e. The van der Waals surface area contributed by atoms with Crippen molar-refractivity contribution in [1.82, 2.24) is 20.0 Å². The SMILES string of the molecule is C[C@H]1CC[C@H]2[C@H](CC[C@@H]3[C@@H]2CC[C@]2(C)[C@@H](C(=O)Cn4nc5cc(Cl)cnc5n4)CC[C@@H]32)C1. The number of aromatic nitrogens is 4. The Morgan fingerprint density at radius 2 is 1.94 bits per heavy atom. The number of carbonyl (C=O) groups is 1. The molecule has 0 radical (unpaired) electrons. The van der Waals surface area contributed by atoms with Crippen molar-refractivity contribution in [2.45, 2.75) is 78.2 Å². The first kappa shape index (κ1) is 21.1. The van der Waals surface area contributed by atoms with Crippen LogP contribution in [0.2, 0.25) is 5.02 Å². The third-order valence-electron chi connectivity index (χ3n) is 10.1.